The maximum absolute atomic E-state index is 12.6. The van der Waals surface area contributed by atoms with E-state index in [4.69, 9.17) is 4.74 Å². The van der Waals surface area contributed by atoms with Crippen LogP contribution in [0.2, 0.25) is 0 Å². The fourth-order valence-electron chi connectivity index (χ4n) is 2.70. The Morgan fingerprint density at radius 3 is 2.71 bits per heavy atom. The van der Waals surface area contributed by atoms with Gasteiger partial charge in [-0.2, -0.15) is 0 Å². The van der Waals surface area contributed by atoms with Crippen molar-refractivity contribution < 1.29 is 9.53 Å². The van der Waals surface area contributed by atoms with Gasteiger partial charge in [0.1, 0.15) is 5.56 Å². The van der Waals surface area contributed by atoms with Crippen molar-refractivity contribution in [1.82, 2.24) is 9.55 Å². The summed E-state index contributed by atoms with van der Waals surface area (Å²) in [6.07, 6.45) is 3.31. The van der Waals surface area contributed by atoms with Gasteiger partial charge in [0.15, 0.2) is 0 Å². The number of aromatic nitrogens is 2. The van der Waals surface area contributed by atoms with Crippen molar-refractivity contribution in [2.75, 3.05) is 6.61 Å². The average Bonchev–Trinajstić information content (AvgIpc) is 2.62. The normalized spacial score (nSPS) is 10.8. The van der Waals surface area contributed by atoms with Gasteiger partial charge in [0.2, 0.25) is 5.43 Å². The van der Waals surface area contributed by atoms with Crippen LogP contribution in [0.4, 0.5) is 0 Å². The summed E-state index contributed by atoms with van der Waals surface area (Å²) in [5.74, 6) is -0.583. The average molecular weight is 322 g/mol. The minimum Gasteiger partial charge on any atom is -0.462 e. The second kappa shape index (κ2) is 6.66. The van der Waals surface area contributed by atoms with E-state index in [1.807, 2.05) is 41.8 Å². The van der Waals surface area contributed by atoms with Crippen LogP contribution in [-0.4, -0.2) is 22.1 Å². The van der Waals surface area contributed by atoms with Gasteiger partial charge in [-0.1, -0.05) is 12.1 Å². The van der Waals surface area contributed by atoms with Crippen LogP contribution < -0.4 is 5.43 Å². The molecule has 1 aromatic carbocycles. The second-order valence-corrected chi connectivity index (χ2v) is 5.33. The largest absolute Gasteiger partial charge is 0.462 e. The molecule has 0 fully saturated rings. The molecule has 3 rings (SSSR count). The molecule has 0 bridgehead atoms. The summed E-state index contributed by atoms with van der Waals surface area (Å²) in [5.41, 5.74) is 2.30. The highest BCUT2D eigenvalue weighted by molar-refractivity contribution is 5.94. The molecule has 2 aromatic heterocycles. The molecule has 24 heavy (non-hydrogen) atoms. The first kappa shape index (κ1) is 15.9. The Bertz CT molecular complexity index is 946. The monoisotopic (exact) mass is 322 g/mol. The third-order valence-electron chi connectivity index (χ3n) is 3.88. The standard InChI is InChI=1S/C19H18N2O3/c1-3-21-12-15(19(23)24-4-2)18(22)14-9-8-13(11-17(14)21)16-7-5-6-10-20-16/h5-12H,3-4H2,1-2H3. The van der Waals surface area contributed by atoms with Gasteiger partial charge >= 0.3 is 5.97 Å². The van der Waals surface area contributed by atoms with Crippen LogP contribution in [0.3, 0.4) is 0 Å². The molecule has 0 radical (unpaired) electrons. The molecule has 0 amide bonds. The molecule has 122 valence electrons. The van der Waals surface area contributed by atoms with Crippen LogP contribution in [0.5, 0.6) is 0 Å². The molecule has 0 unspecified atom stereocenters. The Labute approximate surface area is 139 Å². The number of hydrogen-bond donors (Lipinski definition) is 0. The van der Waals surface area contributed by atoms with E-state index in [0.717, 1.165) is 16.8 Å². The van der Waals surface area contributed by atoms with Gasteiger partial charge in [0.25, 0.3) is 0 Å². The van der Waals surface area contributed by atoms with Gasteiger partial charge in [-0.3, -0.25) is 9.78 Å². The summed E-state index contributed by atoms with van der Waals surface area (Å²) in [6.45, 7) is 4.55. The molecule has 0 N–H and O–H groups in total. The molecule has 0 aliphatic carbocycles. The van der Waals surface area contributed by atoms with E-state index < -0.39 is 5.97 Å². The SMILES string of the molecule is CCOC(=O)c1cn(CC)c2cc(-c3ccccn3)ccc2c1=O. The summed E-state index contributed by atoms with van der Waals surface area (Å²) in [6, 6.07) is 11.2. The number of esters is 1. The zero-order valence-corrected chi connectivity index (χ0v) is 13.7. The van der Waals surface area contributed by atoms with Crippen molar-refractivity contribution in [3.05, 3.63) is 64.6 Å². The molecule has 2 heterocycles. The van der Waals surface area contributed by atoms with Crippen molar-refractivity contribution in [3.63, 3.8) is 0 Å². The number of rotatable bonds is 4. The molecule has 0 saturated heterocycles. The molecule has 0 saturated carbocycles. The van der Waals surface area contributed by atoms with Crippen LogP contribution in [0.1, 0.15) is 24.2 Å². The van der Waals surface area contributed by atoms with Crippen LogP contribution in [0, 0.1) is 0 Å². The predicted octanol–water partition coefficient (Wildman–Crippen LogP) is 3.26. The lowest BCUT2D eigenvalue weighted by Crippen LogP contribution is -2.20. The zero-order valence-electron chi connectivity index (χ0n) is 13.7. The quantitative estimate of drug-likeness (QED) is 0.692. The van der Waals surface area contributed by atoms with Crippen molar-refractivity contribution >= 4 is 16.9 Å². The number of benzene rings is 1. The first-order chi connectivity index (χ1) is 11.7. The predicted molar refractivity (Wildman–Crippen MR) is 93.1 cm³/mol. The topological polar surface area (TPSA) is 61.2 Å². The highest BCUT2D eigenvalue weighted by Gasteiger charge is 2.16. The first-order valence-electron chi connectivity index (χ1n) is 7.91. The third-order valence-corrected chi connectivity index (χ3v) is 3.88. The van der Waals surface area contributed by atoms with Crippen molar-refractivity contribution in [3.8, 4) is 11.3 Å². The lowest BCUT2D eigenvalue weighted by molar-refractivity contribution is 0.0524. The maximum Gasteiger partial charge on any atom is 0.343 e. The number of pyridine rings is 2. The van der Waals surface area contributed by atoms with Crippen LogP contribution in [0.25, 0.3) is 22.2 Å². The molecular formula is C19H18N2O3. The maximum atomic E-state index is 12.6. The molecule has 0 spiro atoms. The van der Waals surface area contributed by atoms with E-state index in [2.05, 4.69) is 4.98 Å². The van der Waals surface area contributed by atoms with Gasteiger partial charge in [-0.25, -0.2) is 4.79 Å². The molecule has 0 atom stereocenters. The van der Waals surface area contributed by atoms with Crippen molar-refractivity contribution in [2.24, 2.45) is 0 Å². The first-order valence-corrected chi connectivity index (χ1v) is 7.91. The fourth-order valence-corrected chi connectivity index (χ4v) is 2.70. The lowest BCUT2D eigenvalue weighted by atomic mass is 10.1. The lowest BCUT2D eigenvalue weighted by Gasteiger charge is -2.12. The van der Waals surface area contributed by atoms with E-state index in [1.54, 1.807) is 25.4 Å². The summed E-state index contributed by atoms with van der Waals surface area (Å²) in [7, 11) is 0. The van der Waals surface area contributed by atoms with E-state index in [-0.39, 0.29) is 17.6 Å². The van der Waals surface area contributed by atoms with E-state index >= 15 is 0 Å². The number of carbonyl (C=O) groups is 1. The van der Waals surface area contributed by atoms with Gasteiger partial charge in [0.05, 0.1) is 17.8 Å². The zero-order chi connectivity index (χ0) is 17.1. The highest BCUT2D eigenvalue weighted by atomic mass is 16.5. The Kier molecular flexibility index (Phi) is 4.42. The number of ether oxygens (including phenoxy) is 1. The van der Waals surface area contributed by atoms with Crippen molar-refractivity contribution in [2.45, 2.75) is 20.4 Å². The van der Waals surface area contributed by atoms with E-state index in [0.29, 0.717) is 11.9 Å². The number of nitrogens with zero attached hydrogens (tertiary/aromatic N) is 2. The summed E-state index contributed by atoms with van der Waals surface area (Å²) in [4.78, 5) is 29.0. The molecule has 5 heteroatoms. The Hall–Kier alpha value is -2.95. The van der Waals surface area contributed by atoms with Crippen molar-refractivity contribution in [1.29, 1.82) is 0 Å². The molecular weight excluding hydrogens is 304 g/mol. The highest BCUT2D eigenvalue weighted by Crippen LogP contribution is 2.22. The number of hydrogen-bond acceptors (Lipinski definition) is 4. The molecule has 0 aliphatic rings. The van der Waals surface area contributed by atoms with Crippen LogP contribution in [0.15, 0.2) is 53.6 Å². The Morgan fingerprint density at radius 1 is 1.21 bits per heavy atom. The fraction of sp³-hybridized carbons (Fsp3) is 0.211. The van der Waals surface area contributed by atoms with Crippen LogP contribution in [-0.2, 0) is 11.3 Å². The van der Waals surface area contributed by atoms with Gasteiger partial charge < -0.3 is 9.30 Å². The smallest absolute Gasteiger partial charge is 0.343 e. The van der Waals surface area contributed by atoms with E-state index in [1.165, 1.54) is 0 Å². The molecule has 5 nitrogen and oxygen atoms in total. The van der Waals surface area contributed by atoms with Crippen LogP contribution >= 0.6 is 0 Å². The summed E-state index contributed by atoms with van der Waals surface area (Å²) < 4.78 is 6.87. The Balaban J connectivity index is 2.22. The minimum atomic E-state index is -0.583. The summed E-state index contributed by atoms with van der Waals surface area (Å²) >= 11 is 0. The number of aryl methyl sites for hydroxylation is 1. The van der Waals surface area contributed by atoms with Gasteiger partial charge in [-0.05, 0) is 38.1 Å². The molecule has 3 aromatic rings. The van der Waals surface area contributed by atoms with Gasteiger partial charge in [0, 0.05) is 29.9 Å². The van der Waals surface area contributed by atoms with Gasteiger partial charge in [-0.15, -0.1) is 0 Å². The second-order valence-electron chi connectivity index (χ2n) is 5.33. The number of carbonyl (C=O) groups excluding carboxylic acids is 1. The molecule has 0 aliphatic heterocycles. The van der Waals surface area contributed by atoms with E-state index in [9.17, 15) is 9.59 Å². The Morgan fingerprint density at radius 2 is 2.04 bits per heavy atom. The number of fused-ring (bicyclic) bond motifs is 1. The third kappa shape index (κ3) is 2.80. The summed E-state index contributed by atoms with van der Waals surface area (Å²) in [5, 5.41) is 0.502. The minimum absolute atomic E-state index is 0.0665.